The Labute approximate surface area is 175 Å². The fourth-order valence-corrected chi connectivity index (χ4v) is 3.89. The minimum Gasteiger partial charge on any atom is -0.392 e. The van der Waals surface area contributed by atoms with Crippen molar-refractivity contribution in [3.63, 3.8) is 0 Å². The van der Waals surface area contributed by atoms with Gasteiger partial charge in [-0.3, -0.25) is 0 Å². The molecule has 0 saturated carbocycles. The van der Waals surface area contributed by atoms with E-state index in [1.165, 1.54) is 18.6 Å². The number of rotatable bonds is 6. The van der Waals surface area contributed by atoms with E-state index in [4.69, 9.17) is 4.74 Å². The van der Waals surface area contributed by atoms with Gasteiger partial charge in [-0.25, -0.2) is 0 Å². The van der Waals surface area contributed by atoms with E-state index in [2.05, 4.69) is 6.92 Å². The number of hydrogen-bond donors (Lipinski definition) is 6. The second-order valence-electron chi connectivity index (χ2n) is 7.94. The van der Waals surface area contributed by atoms with Crippen LogP contribution in [0, 0.1) is 0 Å². The predicted octanol–water partition coefficient (Wildman–Crippen LogP) is 0.339. The van der Waals surface area contributed by atoms with Crippen LogP contribution >= 0.6 is 0 Å². The second kappa shape index (κ2) is 9.11. The first kappa shape index (κ1) is 22.8. The van der Waals surface area contributed by atoms with Crippen LogP contribution in [0.4, 0.5) is 0 Å². The van der Waals surface area contributed by atoms with Crippen molar-refractivity contribution >= 4 is 0 Å². The van der Waals surface area contributed by atoms with E-state index in [-0.39, 0.29) is 12.2 Å². The molecule has 2 aromatic rings. The quantitative estimate of drug-likeness (QED) is 0.399. The van der Waals surface area contributed by atoms with Gasteiger partial charge >= 0.3 is 0 Å². The van der Waals surface area contributed by atoms with Crippen molar-refractivity contribution in [3.8, 4) is 0 Å². The van der Waals surface area contributed by atoms with Crippen molar-refractivity contribution in [2.24, 2.45) is 0 Å². The summed E-state index contributed by atoms with van der Waals surface area (Å²) in [6, 6.07) is 12.9. The Morgan fingerprint density at radius 2 is 1.57 bits per heavy atom. The Morgan fingerprint density at radius 3 is 2.13 bits per heavy atom. The summed E-state index contributed by atoms with van der Waals surface area (Å²) in [5, 5.41) is 62.0. The zero-order chi connectivity index (χ0) is 22.1. The summed E-state index contributed by atoms with van der Waals surface area (Å²) in [4.78, 5) is 0. The Hall–Kier alpha value is -1.84. The number of aliphatic hydroxyl groups excluding tert-OH is 5. The highest BCUT2D eigenvalue weighted by Crippen LogP contribution is 2.39. The van der Waals surface area contributed by atoms with Crippen molar-refractivity contribution in [1.29, 1.82) is 0 Å². The molecule has 0 aromatic heterocycles. The van der Waals surface area contributed by atoms with Gasteiger partial charge in [0.05, 0.1) is 12.7 Å². The Balaban J connectivity index is 2.05. The van der Waals surface area contributed by atoms with E-state index in [0.717, 1.165) is 12.0 Å². The third-order valence-corrected chi connectivity index (χ3v) is 5.77. The van der Waals surface area contributed by atoms with Crippen molar-refractivity contribution in [2.75, 3.05) is 0 Å². The van der Waals surface area contributed by atoms with Crippen LogP contribution in [-0.4, -0.2) is 61.2 Å². The molecule has 0 radical (unpaired) electrons. The summed E-state index contributed by atoms with van der Waals surface area (Å²) >= 11 is 0. The standard InChI is InChI=1S/C23H30O7/c1-3-14-4-6-15(7-5-14)10-17-9-8-16(12-24)11-18(17)23(29)22(28)20(27)19(26)21(30-23)13(2)25/h4-9,11,13,19-22,24-29H,3,10,12H2,1-2H3/t13-,19+,20+,21-,22-,23-/m1/s1. The normalized spacial score (nSPS) is 30.3. The lowest BCUT2D eigenvalue weighted by atomic mass is 9.83. The summed E-state index contributed by atoms with van der Waals surface area (Å²) in [6.45, 7) is 3.13. The molecule has 7 heteroatoms. The maximum Gasteiger partial charge on any atom is 0.222 e. The molecule has 0 spiro atoms. The van der Waals surface area contributed by atoms with E-state index in [0.29, 0.717) is 17.5 Å². The maximum atomic E-state index is 11.3. The lowest BCUT2D eigenvalue weighted by Crippen LogP contribution is -2.65. The molecule has 3 rings (SSSR count). The molecule has 0 unspecified atom stereocenters. The van der Waals surface area contributed by atoms with Gasteiger partial charge in [-0.1, -0.05) is 43.3 Å². The molecule has 0 aliphatic carbocycles. The third-order valence-electron chi connectivity index (χ3n) is 5.77. The number of ether oxygens (including phenoxy) is 1. The summed E-state index contributed by atoms with van der Waals surface area (Å²) < 4.78 is 5.59. The SMILES string of the molecule is CCc1ccc(Cc2ccc(CO)cc2[C@@]2(O)O[C@H]([C@@H](C)O)[C@@H](O)[C@H](O)[C@H]2O)cc1. The topological polar surface area (TPSA) is 131 Å². The fourth-order valence-electron chi connectivity index (χ4n) is 3.89. The van der Waals surface area contributed by atoms with Gasteiger partial charge < -0.3 is 35.4 Å². The van der Waals surface area contributed by atoms with Gasteiger partial charge in [0, 0.05) is 5.56 Å². The molecule has 6 atom stereocenters. The number of benzene rings is 2. The summed E-state index contributed by atoms with van der Waals surface area (Å²) in [5.74, 6) is -2.38. The summed E-state index contributed by atoms with van der Waals surface area (Å²) in [7, 11) is 0. The molecule has 1 aliphatic rings. The summed E-state index contributed by atoms with van der Waals surface area (Å²) in [5.41, 5.74) is 3.42. The summed E-state index contributed by atoms with van der Waals surface area (Å²) in [6.07, 6.45) is -6.39. The molecule has 1 heterocycles. The zero-order valence-corrected chi connectivity index (χ0v) is 17.1. The lowest BCUT2D eigenvalue weighted by Gasteiger charge is -2.47. The van der Waals surface area contributed by atoms with E-state index in [9.17, 15) is 30.6 Å². The maximum absolute atomic E-state index is 11.3. The van der Waals surface area contributed by atoms with E-state index < -0.39 is 36.3 Å². The van der Waals surface area contributed by atoms with E-state index in [1.807, 2.05) is 24.3 Å². The molecule has 164 valence electrons. The molecular weight excluding hydrogens is 388 g/mol. The van der Waals surface area contributed by atoms with Crippen LogP contribution in [0.2, 0.25) is 0 Å². The molecule has 6 N–H and O–H groups in total. The zero-order valence-electron chi connectivity index (χ0n) is 17.1. The molecular formula is C23H30O7. The van der Waals surface area contributed by atoms with Crippen LogP contribution in [-0.2, 0) is 30.0 Å². The van der Waals surface area contributed by atoms with Crippen LogP contribution in [0.5, 0.6) is 0 Å². The highest BCUT2D eigenvalue weighted by Gasteiger charge is 2.55. The van der Waals surface area contributed by atoms with Gasteiger partial charge in [-0.05, 0) is 48.1 Å². The number of aliphatic hydroxyl groups is 6. The minimum absolute atomic E-state index is 0.165. The predicted molar refractivity (Wildman–Crippen MR) is 109 cm³/mol. The fraction of sp³-hybridized carbons (Fsp3) is 0.478. The molecule has 1 aliphatic heterocycles. The molecule has 0 bridgehead atoms. The van der Waals surface area contributed by atoms with Gasteiger partial charge in [-0.15, -0.1) is 0 Å². The Bertz CT molecular complexity index is 851. The minimum atomic E-state index is -2.38. The third kappa shape index (κ3) is 4.29. The first-order chi connectivity index (χ1) is 14.2. The van der Waals surface area contributed by atoms with Crippen LogP contribution in [0.15, 0.2) is 42.5 Å². The number of aryl methyl sites for hydroxylation is 1. The first-order valence-electron chi connectivity index (χ1n) is 10.1. The van der Waals surface area contributed by atoms with E-state index >= 15 is 0 Å². The van der Waals surface area contributed by atoms with Gasteiger partial charge in [0.1, 0.15) is 24.4 Å². The Morgan fingerprint density at radius 1 is 0.967 bits per heavy atom. The lowest BCUT2D eigenvalue weighted by molar-refractivity contribution is -0.364. The smallest absolute Gasteiger partial charge is 0.222 e. The molecule has 1 saturated heterocycles. The van der Waals surface area contributed by atoms with Gasteiger partial charge in [0.2, 0.25) is 5.79 Å². The van der Waals surface area contributed by atoms with Gasteiger partial charge in [0.15, 0.2) is 0 Å². The molecule has 30 heavy (non-hydrogen) atoms. The average Bonchev–Trinajstić information content (AvgIpc) is 2.75. The van der Waals surface area contributed by atoms with E-state index in [1.54, 1.807) is 12.1 Å². The van der Waals surface area contributed by atoms with Crippen molar-refractivity contribution in [1.82, 2.24) is 0 Å². The van der Waals surface area contributed by atoms with Crippen molar-refractivity contribution < 1.29 is 35.4 Å². The number of hydrogen-bond acceptors (Lipinski definition) is 7. The largest absolute Gasteiger partial charge is 0.392 e. The average molecular weight is 418 g/mol. The van der Waals surface area contributed by atoms with Crippen LogP contribution in [0.1, 0.15) is 41.7 Å². The monoisotopic (exact) mass is 418 g/mol. The molecule has 0 amide bonds. The molecule has 1 fully saturated rings. The van der Waals surface area contributed by atoms with Gasteiger partial charge in [0.25, 0.3) is 0 Å². The molecule has 2 aromatic carbocycles. The first-order valence-corrected chi connectivity index (χ1v) is 10.1. The van der Waals surface area contributed by atoms with Crippen molar-refractivity contribution in [2.45, 2.75) is 69.6 Å². The highest BCUT2D eigenvalue weighted by molar-refractivity contribution is 5.40. The second-order valence-corrected chi connectivity index (χ2v) is 7.94. The Kier molecular flexibility index (Phi) is 6.94. The van der Waals surface area contributed by atoms with Crippen LogP contribution in [0.3, 0.4) is 0 Å². The highest BCUT2D eigenvalue weighted by atomic mass is 16.7. The van der Waals surface area contributed by atoms with Gasteiger partial charge in [-0.2, -0.15) is 0 Å². The van der Waals surface area contributed by atoms with Crippen LogP contribution in [0.25, 0.3) is 0 Å². The van der Waals surface area contributed by atoms with Crippen LogP contribution < -0.4 is 0 Å². The molecule has 7 nitrogen and oxygen atoms in total. The van der Waals surface area contributed by atoms with Crippen molar-refractivity contribution in [3.05, 3.63) is 70.3 Å².